The maximum absolute atomic E-state index is 4.52. The van der Waals surface area contributed by atoms with Crippen molar-refractivity contribution in [3.8, 4) is 5.69 Å². The number of hydrogen-bond donors (Lipinski definition) is 0. The summed E-state index contributed by atoms with van der Waals surface area (Å²) in [7, 11) is 0. The molecule has 0 atom stereocenters. The Morgan fingerprint density at radius 2 is 1.88 bits per heavy atom. The van der Waals surface area contributed by atoms with Crippen LogP contribution in [0.4, 0.5) is 0 Å². The summed E-state index contributed by atoms with van der Waals surface area (Å²) >= 11 is 0. The Morgan fingerprint density at radius 1 is 1.06 bits per heavy atom. The fourth-order valence-corrected chi connectivity index (χ4v) is 1.79. The number of rotatable bonds is 1. The Bertz CT molecular complexity index is 626. The Hall–Kier alpha value is -2.16. The second-order valence-corrected chi connectivity index (χ2v) is 3.74. The van der Waals surface area contributed by atoms with Crippen LogP contribution in [0.3, 0.4) is 0 Å². The zero-order valence-corrected chi connectivity index (χ0v) is 8.96. The van der Waals surface area contributed by atoms with E-state index in [4.69, 9.17) is 0 Å². The smallest absolute Gasteiger partial charge is 0.0961 e. The summed E-state index contributed by atoms with van der Waals surface area (Å²) in [5.41, 5.74) is 3.06. The lowest BCUT2D eigenvalue weighted by atomic mass is 10.2. The molecule has 0 aliphatic rings. The molecule has 0 unspecified atom stereocenters. The van der Waals surface area contributed by atoms with E-state index >= 15 is 0 Å². The maximum atomic E-state index is 4.52. The lowest BCUT2D eigenvalue weighted by Gasteiger charge is -1.98. The Kier molecular flexibility index (Phi) is 1.96. The topological polar surface area (TPSA) is 30.7 Å². The minimum absolute atomic E-state index is 0.983. The molecule has 0 N–H and O–H groups in total. The highest BCUT2D eigenvalue weighted by Gasteiger charge is 2.04. The Morgan fingerprint density at radius 3 is 2.62 bits per heavy atom. The number of aromatic nitrogens is 3. The molecule has 3 aromatic rings. The number of para-hydroxylation sites is 1. The molecule has 3 rings (SSSR count). The number of pyridine rings is 1. The number of benzene rings is 1. The monoisotopic (exact) mass is 209 g/mol. The van der Waals surface area contributed by atoms with Gasteiger partial charge in [0.05, 0.1) is 11.2 Å². The van der Waals surface area contributed by atoms with Gasteiger partial charge < -0.3 is 0 Å². The maximum Gasteiger partial charge on any atom is 0.0961 e. The van der Waals surface area contributed by atoms with Gasteiger partial charge in [-0.3, -0.25) is 4.98 Å². The van der Waals surface area contributed by atoms with Crippen LogP contribution in [0.2, 0.25) is 0 Å². The third-order valence-electron chi connectivity index (χ3n) is 2.65. The van der Waals surface area contributed by atoms with Gasteiger partial charge in [0.2, 0.25) is 0 Å². The molecule has 16 heavy (non-hydrogen) atoms. The largest absolute Gasteiger partial charge is 0.261 e. The molecule has 0 radical (unpaired) electrons. The van der Waals surface area contributed by atoms with Gasteiger partial charge in [-0.05, 0) is 25.1 Å². The van der Waals surface area contributed by atoms with Crippen molar-refractivity contribution in [1.82, 2.24) is 14.8 Å². The first-order chi connectivity index (χ1) is 7.84. The second-order valence-electron chi connectivity index (χ2n) is 3.74. The highest BCUT2D eigenvalue weighted by atomic mass is 15.3. The Balaban J connectivity index is 2.23. The van der Waals surface area contributed by atoms with Gasteiger partial charge in [-0.25, -0.2) is 4.68 Å². The predicted molar refractivity (Wildman–Crippen MR) is 63.6 cm³/mol. The van der Waals surface area contributed by atoms with Crippen LogP contribution >= 0.6 is 0 Å². The fourth-order valence-electron chi connectivity index (χ4n) is 1.79. The van der Waals surface area contributed by atoms with Crippen LogP contribution in [0.25, 0.3) is 16.6 Å². The van der Waals surface area contributed by atoms with Crippen molar-refractivity contribution in [2.24, 2.45) is 0 Å². The van der Waals surface area contributed by atoms with Gasteiger partial charge in [0, 0.05) is 23.5 Å². The molecule has 3 nitrogen and oxygen atoms in total. The number of hydrogen-bond acceptors (Lipinski definition) is 2. The molecule has 0 aliphatic heterocycles. The second kappa shape index (κ2) is 3.45. The van der Waals surface area contributed by atoms with Gasteiger partial charge >= 0.3 is 0 Å². The lowest BCUT2D eigenvalue weighted by molar-refractivity contribution is 0.896. The predicted octanol–water partition coefficient (Wildman–Crippen LogP) is 2.73. The molecule has 2 aromatic heterocycles. The van der Waals surface area contributed by atoms with Crippen LogP contribution in [0.1, 0.15) is 5.69 Å². The lowest BCUT2D eigenvalue weighted by Crippen LogP contribution is -1.92. The molecule has 78 valence electrons. The molecule has 1 aromatic carbocycles. The summed E-state index contributed by atoms with van der Waals surface area (Å²) in [6, 6.07) is 12.0. The summed E-state index contributed by atoms with van der Waals surface area (Å²) in [6.07, 6.45) is 3.81. The van der Waals surface area contributed by atoms with Crippen LogP contribution < -0.4 is 0 Å². The van der Waals surface area contributed by atoms with E-state index in [1.54, 1.807) is 6.20 Å². The highest BCUT2D eigenvalue weighted by molar-refractivity contribution is 5.80. The molecule has 0 aliphatic carbocycles. The van der Waals surface area contributed by atoms with E-state index in [-0.39, 0.29) is 0 Å². The molecular weight excluding hydrogens is 198 g/mol. The van der Waals surface area contributed by atoms with E-state index in [0.29, 0.717) is 0 Å². The molecule has 0 amide bonds. The van der Waals surface area contributed by atoms with Crippen molar-refractivity contribution in [2.75, 3.05) is 0 Å². The van der Waals surface area contributed by atoms with Gasteiger partial charge in [-0.15, -0.1) is 0 Å². The average molecular weight is 209 g/mol. The van der Waals surface area contributed by atoms with E-state index < -0.39 is 0 Å². The quantitative estimate of drug-likeness (QED) is 0.617. The summed E-state index contributed by atoms with van der Waals surface area (Å²) in [5.74, 6) is 0. The van der Waals surface area contributed by atoms with Gasteiger partial charge in [0.25, 0.3) is 0 Å². The van der Waals surface area contributed by atoms with E-state index in [0.717, 1.165) is 22.3 Å². The van der Waals surface area contributed by atoms with Crippen molar-refractivity contribution in [3.05, 3.63) is 54.5 Å². The summed E-state index contributed by atoms with van der Waals surface area (Å²) in [6.45, 7) is 2.00. The van der Waals surface area contributed by atoms with Crippen molar-refractivity contribution in [3.63, 3.8) is 0 Å². The summed E-state index contributed by atoms with van der Waals surface area (Å²) in [5, 5.41) is 5.62. The normalized spacial score (nSPS) is 10.8. The zero-order chi connectivity index (χ0) is 11.0. The van der Waals surface area contributed by atoms with Gasteiger partial charge in [0.15, 0.2) is 0 Å². The number of fused-ring (bicyclic) bond motifs is 1. The van der Waals surface area contributed by atoms with Crippen LogP contribution in [0.5, 0.6) is 0 Å². The average Bonchev–Trinajstić information content (AvgIpc) is 2.76. The standard InChI is InChI=1S/C13H11N3/c1-10-12-9-16(11-5-3-2-4-6-11)15-13(12)7-8-14-10/h2-9H,1H3. The van der Waals surface area contributed by atoms with Crippen LogP contribution in [0, 0.1) is 6.92 Å². The van der Waals surface area contributed by atoms with Crippen molar-refractivity contribution in [2.45, 2.75) is 6.92 Å². The van der Waals surface area contributed by atoms with Crippen LogP contribution in [0.15, 0.2) is 48.8 Å². The number of nitrogens with zero attached hydrogens (tertiary/aromatic N) is 3. The molecule has 0 saturated carbocycles. The third kappa shape index (κ3) is 1.37. The van der Waals surface area contributed by atoms with Crippen molar-refractivity contribution >= 4 is 10.9 Å². The van der Waals surface area contributed by atoms with Gasteiger partial charge in [-0.2, -0.15) is 5.10 Å². The molecule has 2 heterocycles. The number of aryl methyl sites for hydroxylation is 1. The molecule has 0 saturated heterocycles. The van der Waals surface area contributed by atoms with Crippen LogP contribution in [-0.2, 0) is 0 Å². The van der Waals surface area contributed by atoms with E-state index in [1.807, 2.05) is 54.2 Å². The first kappa shape index (κ1) is 9.09. The molecule has 0 fully saturated rings. The van der Waals surface area contributed by atoms with Gasteiger partial charge in [0.1, 0.15) is 0 Å². The van der Waals surface area contributed by atoms with Gasteiger partial charge in [-0.1, -0.05) is 18.2 Å². The zero-order valence-electron chi connectivity index (χ0n) is 8.96. The fraction of sp³-hybridized carbons (Fsp3) is 0.0769. The minimum Gasteiger partial charge on any atom is -0.261 e. The third-order valence-corrected chi connectivity index (χ3v) is 2.65. The van der Waals surface area contributed by atoms with Crippen molar-refractivity contribution < 1.29 is 0 Å². The van der Waals surface area contributed by atoms with E-state index in [9.17, 15) is 0 Å². The highest BCUT2D eigenvalue weighted by Crippen LogP contribution is 2.17. The summed E-state index contributed by atoms with van der Waals surface area (Å²) < 4.78 is 1.89. The van der Waals surface area contributed by atoms with Crippen molar-refractivity contribution in [1.29, 1.82) is 0 Å². The molecule has 3 heteroatoms. The molecule has 0 spiro atoms. The molecular formula is C13H11N3. The van der Waals surface area contributed by atoms with Crippen LogP contribution in [-0.4, -0.2) is 14.8 Å². The SMILES string of the molecule is Cc1nccc2nn(-c3ccccc3)cc12. The first-order valence-corrected chi connectivity index (χ1v) is 5.21. The van der Waals surface area contributed by atoms with E-state index in [2.05, 4.69) is 10.1 Å². The Labute approximate surface area is 93.4 Å². The molecule has 0 bridgehead atoms. The summed E-state index contributed by atoms with van der Waals surface area (Å²) in [4.78, 5) is 4.26. The first-order valence-electron chi connectivity index (χ1n) is 5.21. The minimum atomic E-state index is 0.983. The van der Waals surface area contributed by atoms with E-state index in [1.165, 1.54) is 0 Å².